The van der Waals surface area contributed by atoms with E-state index in [0.717, 1.165) is 17.0 Å². The van der Waals surface area contributed by atoms with Crippen molar-refractivity contribution < 1.29 is 13.2 Å². The van der Waals surface area contributed by atoms with Crippen molar-refractivity contribution in [3.8, 4) is 17.1 Å². The van der Waals surface area contributed by atoms with Gasteiger partial charge in [-0.2, -0.15) is 0 Å². The van der Waals surface area contributed by atoms with Crippen molar-refractivity contribution in [3.05, 3.63) is 58.5 Å². The summed E-state index contributed by atoms with van der Waals surface area (Å²) in [5.74, 6) is 0.311. The molecule has 0 unspecified atom stereocenters. The van der Waals surface area contributed by atoms with Crippen LogP contribution in [0.1, 0.15) is 10.6 Å². The quantitative estimate of drug-likeness (QED) is 0.716. The third kappa shape index (κ3) is 4.04. The van der Waals surface area contributed by atoms with E-state index in [1.807, 2.05) is 30.5 Å². The van der Waals surface area contributed by atoms with Gasteiger partial charge in [0.05, 0.1) is 25.0 Å². The van der Waals surface area contributed by atoms with Crippen molar-refractivity contribution in [2.24, 2.45) is 0 Å². The highest BCUT2D eigenvalue weighted by Gasteiger charge is 2.20. The zero-order valence-corrected chi connectivity index (χ0v) is 15.4. The number of benzene rings is 1. The molecule has 0 radical (unpaired) electrons. The van der Waals surface area contributed by atoms with Gasteiger partial charge in [0.1, 0.15) is 15.7 Å². The van der Waals surface area contributed by atoms with E-state index < -0.39 is 10.0 Å². The molecular formula is C17H17N3O3S2. The highest BCUT2D eigenvalue weighted by atomic mass is 32.2. The van der Waals surface area contributed by atoms with Gasteiger partial charge in [-0.1, -0.05) is 12.1 Å². The summed E-state index contributed by atoms with van der Waals surface area (Å²) < 4.78 is 32.9. The minimum atomic E-state index is -3.70. The SMILES string of the molecule is COc1ccc(C)cc1S(=O)(=O)NCc1nc(-c2ccccn2)cs1. The molecule has 0 fully saturated rings. The van der Waals surface area contributed by atoms with Crippen molar-refractivity contribution in [1.82, 2.24) is 14.7 Å². The minimum Gasteiger partial charge on any atom is -0.495 e. The van der Waals surface area contributed by atoms with Crippen LogP contribution >= 0.6 is 11.3 Å². The monoisotopic (exact) mass is 375 g/mol. The Balaban J connectivity index is 1.77. The molecule has 0 atom stereocenters. The molecular weight excluding hydrogens is 358 g/mol. The average Bonchev–Trinajstić information content (AvgIpc) is 3.10. The molecule has 25 heavy (non-hydrogen) atoms. The molecule has 2 aromatic heterocycles. The summed E-state index contributed by atoms with van der Waals surface area (Å²) in [4.78, 5) is 8.80. The zero-order valence-electron chi connectivity index (χ0n) is 13.8. The van der Waals surface area contributed by atoms with Crippen LogP contribution in [-0.4, -0.2) is 25.5 Å². The molecule has 2 heterocycles. The van der Waals surface area contributed by atoms with Gasteiger partial charge in [0, 0.05) is 11.6 Å². The van der Waals surface area contributed by atoms with Gasteiger partial charge in [0.25, 0.3) is 0 Å². The van der Waals surface area contributed by atoms with Crippen LogP contribution in [-0.2, 0) is 16.6 Å². The predicted molar refractivity (Wildman–Crippen MR) is 97.1 cm³/mol. The summed E-state index contributed by atoms with van der Waals surface area (Å²) in [6.45, 7) is 1.94. The van der Waals surface area contributed by atoms with Crippen LogP contribution in [0.25, 0.3) is 11.4 Å². The maximum Gasteiger partial charge on any atom is 0.244 e. The summed E-state index contributed by atoms with van der Waals surface area (Å²) in [7, 11) is -2.25. The lowest BCUT2D eigenvalue weighted by molar-refractivity contribution is 0.402. The zero-order chi connectivity index (χ0) is 17.9. The fourth-order valence-corrected chi connectivity index (χ4v) is 4.31. The second kappa shape index (κ2) is 7.30. The number of nitrogens with one attached hydrogen (secondary N) is 1. The number of rotatable bonds is 6. The van der Waals surface area contributed by atoms with Crippen molar-refractivity contribution >= 4 is 21.4 Å². The van der Waals surface area contributed by atoms with Gasteiger partial charge in [-0.25, -0.2) is 18.1 Å². The molecule has 0 saturated heterocycles. The van der Waals surface area contributed by atoms with E-state index in [4.69, 9.17) is 4.74 Å². The number of ether oxygens (including phenoxy) is 1. The topological polar surface area (TPSA) is 81.2 Å². The second-order valence-corrected chi connectivity index (χ2v) is 8.00. The molecule has 0 amide bonds. The fraction of sp³-hybridized carbons (Fsp3) is 0.176. The molecule has 0 spiro atoms. The van der Waals surface area contributed by atoms with Gasteiger partial charge in [0.15, 0.2) is 0 Å². The number of sulfonamides is 1. The molecule has 6 nitrogen and oxygen atoms in total. The molecule has 0 aliphatic rings. The first-order chi connectivity index (χ1) is 12.0. The van der Waals surface area contributed by atoms with Crippen LogP contribution < -0.4 is 9.46 Å². The first-order valence-electron chi connectivity index (χ1n) is 7.50. The van der Waals surface area contributed by atoms with Gasteiger partial charge in [-0.05, 0) is 36.8 Å². The van der Waals surface area contributed by atoms with Crippen LogP contribution in [0.5, 0.6) is 5.75 Å². The van der Waals surface area contributed by atoms with Crippen molar-refractivity contribution in [2.75, 3.05) is 7.11 Å². The number of aromatic nitrogens is 2. The van der Waals surface area contributed by atoms with E-state index in [0.29, 0.717) is 10.8 Å². The minimum absolute atomic E-state index is 0.108. The molecule has 8 heteroatoms. The van der Waals surface area contributed by atoms with Gasteiger partial charge < -0.3 is 4.74 Å². The largest absolute Gasteiger partial charge is 0.495 e. The van der Waals surface area contributed by atoms with Crippen LogP contribution in [0, 0.1) is 6.92 Å². The van der Waals surface area contributed by atoms with E-state index in [9.17, 15) is 8.42 Å². The highest BCUT2D eigenvalue weighted by Crippen LogP contribution is 2.25. The summed E-state index contributed by atoms with van der Waals surface area (Å²) in [6.07, 6.45) is 1.70. The van der Waals surface area contributed by atoms with Crippen LogP contribution in [0.3, 0.4) is 0 Å². The molecule has 3 rings (SSSR count). The molecule has 1 N–H and O–H groups in total. The van der Waals surface area contributed by atoms with Gasteiger partial charge in [-0.15, -0.1) is 11.3 Å². The Labute approximate surface area is 150 Å². The molecule has 0 aliphatic carbocycles. The number of aryl methyl sites for hydroxylation is 1. The highest BCUT2D eigenvalue weighted by molar-refractivity contribution is 7.89. The molecule has 0 aliphatic heterocycles. The summed E-state index contributed by atoms with van der Waals surface area (Å²) in [5.41, 5.74) is 2.33. The second-order valence-electron chi connectivity index (χ2n) is 5.32. The molecule has 1 aromatic carbocycles. The Morgan fingerprint density at radius 1 is 1.20 bits per heavy atom. The number of methoxy groups -OCH3 is 1. The third-order valence-electron chi connectivity index (χ3n) is 3.50. The van der Waals surface area contributed by atoms with Crippen molar-refractivity contribution in [3.63, 3.8) is 0 Å². The van der Waals surface area contributed by atoms with Crippen molar-refractivity contribution in [1.29, 1.82) is 0 Å². The van der Waals surface area contributed by atoms with E-state index in [1.165, 1.54) is 18.4 Å². The van der Waals surface area contributed by atoms with Crippen molar-refractivity contribution in [2.45, 2.75) is 18.4 Å². The number of nitrogens with zero attached hydrogens (tertiary/aromatic N) is 2. The van der Waals surface area contributed by atoms with Gasteiger partial charge >= 0.3 is 0 Å². The Bertz CT molecular complexity index is 970. The predicted octanol–water partition coefficient (Wildman–Crippen LogP) is 3.00. The number of pyridine rings is 1. The van der Waals surface area contributed by atoms with E-state index >= 15 is 0 Å². The molecule has 0 bridgehead atoms. The lowest BCUT2D eigenvalue weighted by Crippen LogP contribution is -2.23. The van der Waals surface area contributed by atoms with Crippen LogP contribution in [0.4, 0.5) is 0 Å². The fourth-order valence-electron chi connectivity index (χ4n) is 2.25. The van der Waals surface area contributed by atoms with E-state index in [-0.39, 0.29) is 11.4 Å². The standard InChI is InChI=1S/C17H17N3O3S2/c1-12-6-7-15(23-2)16(9-12)25(21,22)19-10-17-20-14(11-24-17)13-5-3-4-8-18-13/h3-9,11,19H,10H2,1-2H3. The first kappa shape index (κ1) is 17.5. The van der Waals surface area contributed by atoms with E-state index in [2.05, 4.69) is 14.7 Å². The normalized spacial score (nSPS) is 11.4. The summed E-state index contributed by atoms with van der Waals surface area (Å²) >= 11 is 1.38. The van der Waals surface area contributed by atoms with Crippen LogP contribution in [0.15, 0.2) is 52.9 Å². The smallest absolute Gasteiger partial charge is 0.244 e. The first-order valence-corrected chi connectivity index (χ1v) is 9.86. The maximum atomic E-state index is 12.6. The average molecular weight is 375 g/mol. The van der Waals surface area contributed by atoms with Crippen LogP contribution in [0.2, 0.25) is 0 Å². The summed E-state index contributed by atoms with van der Waals surface area (Å²) in [6, 6.07) is 10.6. The Morgan fingerprint density at radius 3 is 2.76 bits per heavy atom. The van der Waals surface area contributed by atoms with Gasteiger partial charge in [-0.3, -0.25) is 4.98 Å². The lowest BCUT2D eigenvalue weighted by Gasteiger charge is -2.10. The van der Waals surface area contributed by atoms with E-state index in [1.54, 1.807) is 24.4 Å². The lowest BCUT2D eigenvalue weighted by atomic mass is 10.2. The summed E-state index contributed by atoms with van der Waals surface area (Å²) in [5, 5.41) is 2.52. The third-order valence-corrected chi connectivity index (χ3v) is 5.77. The molecule has 0 saturated carbocycles. The molecule has 3 aromatic rings. The maximum absolute atomic E-state index is 12.6. The molecule has 130 valence electrons. The Morgan fingerprint density at radius 2 is 2.04 bits per heavy atom. The number of thiazole rings is 1. The Kier molecular flexibility index (Phi) is 5.12. The number of hydrogen-bond acceptors (Lipinski definition) is 6. The Hall–Kier alpha value is -2.29. The van der Waals surface area contributed by atoms with Gasteiger partial charge in [0.2, 0.25) is 10.0 Å². The number of hydrogen-bond donors (Lipinski definition) is 1.